The van der Waals surface area contributed by atoms with Crippen molar-refractivity contribution in [3.8, 4) is 0 Å². The predicted octanol–water partition coefficient (Wildman–Crippen LogP) is -0.340. The molecule has 0 aliphatic carbocycles. The normalized spacial score (nSPS) is 12.6. The van der Waals surface area contributed by atoms with E-state index in [-0.39, 0.29) is 0 Å². The van der Waals surface area contributed by atoms with Crippen molar-refractivity contribution in [3.63, 3.8) is 0 Å². The third kappa shape index (κ3) is 2.20. The quantitative estimate of drug-likeness (QED) is 0.708. The highest BCUT2D eigenvalue weighted by molar-refractivity contribution is 7.92. The van der Waals surface area contributed by atoms with Crippen molar-refractivity contribution in [2.45, 2.75) is 10.4 Å². The molecule has 0 aliphatic rings. The lowest BCUT2D eigenvalue weighted by molar-refractivity contribution is -0.0435. The minimum atomic E-state index is -5.57. The molecule has 1 rings (SSSR count). The maximum atomic E-state index is 12.2. The van der Waals surface area contributed by atoms with Gasteiger partial charge in [-0.1, -0.05) is 18.2 Å². The van der Waals surface area contributed by atoms with Gasteiger partial charge < -0.3 is 10.0 Å². The molecular weight excluding hydrogens is 248 g/mol. The SMILES string of the molecule is O=S(=O)(c1ccccc1B(O)O)C(F)(F)F. The fourth-order valence-electron chi connectivity index (χ4n) is 1.06. The largest absolute Gasteiger partial charge is 0.501 e. The Labute approximate surface area is 89.4 Å². The van der Waals surface area contributed by atoms with Gasteiger partial charge in [0.1, 0.15) is 0 Å². The van der Waals surface area contributed by atoms with Crippen LogP contribution < -0.4 is 5.46 Å². The average Bonchev–Trinajstić information content (AvgIpc) is 2.16. The highest BCUT2D eigenvalue weighted by atomic mass is 32.2. The lowest BCUT2D eigenvalue weighted by Crippen LogP contribution is -2.37. The molecular formula is C7H6BF3O4S. The Kier molecular flexibility index (Phi) is 3.31. The van der Waals surface area contributed by atoms with E-state index in [9.17, 15) is 21.6 Å². The second-order valence-electron chi connectivity index (χ2n) is 2.86. The summed E-state index contributed by atoms with van der Waals surface area (Å²) in [6, 6.07) is 3.82. The van der Waals surface area contributed by atoms with Gasteiger partial charge in [-0.25, -0.2) is 8.42 Å². The molecule has 88 valence electrons. The Morgan fingerprint density at radius 1 is 1.12 bits per heavy atom. The lowest BCUT2D eigenvalue weighted by Gasteiger charge is -2.11. The number of alkyl halides is 3. The molecule has 0 atom stereocenters. The number of hydrogen-bond donors (Lipinski definition) is 2. The minimum Gasteiger partial charge on any atom is -0.423 e. The fourth-order valence-corrected chi connectivity index (χ4v) is 2.05. The molecule has 0 aromatic heterocycles. The second kappa shape index (κ2) is 4.08. The van der Waals surface area contributed by atoms with Gasteiger partial charge in [-0.05, 0) is 6.07 Å². The number of halogens is 3. The topological polar surface area (TPSA) is 74.6 Å². The van der Waals surface area contributed by atoms with Gasteiger partial charge in [-0.2, -0.15) is 13.2 Å². The maximum absolute atomic E-state index is 12.2. The van der Waals surface area contributed by atoms with E-state index in [2.05, 4.69) is 0 Å². The zero-order chi connectivity index (χ0) is 12.6. The van der Waals surface area contributed by atoms with Crippen molar-refractivity contribution in [1.29, 1.82) is 0 Å². The van der Waals surface area contributed by atoms with E-state index < -0.39 is 32.8 Å². The van der Waals surface area contributed by atoms with Crippen LogP contribution in [-0.4, -0.2) is 31.1 Å². The first-order chi connectivity index (χ1) is 7.18. The van der Waals surface area contributed by atoms with Crippen molar-refractivity contribution >= 4 is 22.4 Å². The average molecular weight is 254 g/mol. The molecule has 0 unspecified atom stereocenters. The Balaban J connectivity index is 3.46. The molecule has 1 aromatic rings. The monoisotopic (exact) mass is 254 g/mol. The van der Waals surface area contributed by atoms with Gasteiger partial charge in [0.25, 0.3) is 9.84 Å². The molecule has 0 heterocycles. The van der Waals surface area contributed by atoms with Gasteiger partial charge in [0.2, 0.25) is 0 Å². The summed E-state index contributed by atoms with van der Waals surface area (Å²) in [7, 11) is -7.86. The third-order valence-corrected chi connectivity index (χ3v) is 3.35. The van der Waals surface area contributed by atoms with Crippen molar-refractivity contribution < 1.29 is 31.6 Å². The number of benzene rings is 1. The van der Waals surface area contributed by atoms with Crippen molar-refractivity contribution in [1.82, 2.24) is 0 Å². The van der Waals surface area contributed by atoms with Crippen LogP contribution in [0.15, 0.2) is 29.2 Å². The summed E-state index contributed by atoms with van der Waals surface area (Å²) in [5.74, 6) is 0. The molecule has 2 N–H and O–H groups in total. The van der Waals surface area contributed by atoms with Gasteiger partial charge in [0.05, 0.1) is 4.90 Å². The highest BCUT2D eigenvalue weighted by Crippen LogP contribution is 2.29. The fraction of sp³-hybridized carbons (Fsp3) is 0.143. The van der Waals surface area contributed by atoms with Crippen LogP contribution in [0.4, 0.5) is 13.2 Å². The van der Waals surface area contributed by atoms with Gasteiger partial charge in [0, 0.05) is 5.46 Å². The van der Waals surface area contributed by atoms with Crippen molar-refractivity contribution in [2.24, 2.45) is 0 Å². The van der Waals surface area contributed by atoms with E-state index in [0.29, 0.717) is 6.07 Å². The molecule has 1 aromatic carbocycles. The molecule has 0 amide bonds. The minimum absolute atomic E-state index is 0.664. The Morgan fingerprint density at radius 3 is 2.06 bits per heavy atom. The molecule has 0 aliphatic heterocycles. The van der Waals surface area contributed by atoms with Crippen LogP contribution in [0.2, 0.25) is 0 Å². The van der Waals surface area contributed by atoms with Crippen molar-refractivity contribution in [2.75, 3.05) is 0 Å². The van der Waals surface area contributed by atoms with Crippen LogP contribution in [0.3, 0.4) is 0 Å². The summed E-state index contributed by atoms with van der Waals surface area (Å²) < 4.78 is 58.7. The summed E-state index contributed by atoms with van der Waals surface area (Å²) in [6.07, 6.45) is 0. The van der Waals surface area contributed by atoms with Gasteiger partial charge in [-0.3, -0.25) is 0 Å². The molecule has 0 saturated carbocycles. The molecule has 4 nitrogen and oxygen atoms in total. The molecule has 9 heteroatoms. The van der Waals surface area contributed by atoms with Gasteiger partial charge in [0.15, 0.2) is 0 Å². The van der Waals surface area contributed by atoms with Crippen LogP contribution in [0.25, 0.3) is 0 Å². The standard InChI is InChI=1S/C7H6BF3O4S/c9-7(10,11)16(14,15)6-4-2-1-3-5(6)8(12)13/h1-4,12-13H. The van der Waals surface area contributed by atoms with E-state index in [1.807, 2.05) is 0 Å². The van der Waals surface area contributed by atoms with Crippen LogP contribution in [0.1, 0.15) is 0 Å². The maximum Gasteiger partial charge on any atom is 0.501 e. The van der Waals surface area contributed by atoms with E-state index in [0.717, 1.165) is 12.1 Å². The molecule has 0 radical (unpaired) electrons. The van der Waals surface area contributed by atoms with E-state index in [1.165, 1.54) is 6.07 Å². The molecule has 0 saturated heterocycles. The Bertz CT molecular complexity index is 483. The van der Waals surface area contributed by atoms with Gasteiger partial charge >= 0.3 is 12.6 Å². The summed E-state index contributed by atoms with van der Waals surface area (Å²) in [4.78, 5) is -1.16. The highest BCUT2D eigenvalue weighted by Gasteiger charge is 2.48. The van der Waals surface area contributed by atoms with E-state index in [4.69, 9.17) is 10.0 Å². The lowest BCUT2D eigenvalue weighted by atomic mass is 9.80. The first-order valence-corrected chi connectivity index (χ1v) is 5.42. The molecule has 0 fully saturated rings. The van der Waals surface area contributed by atoms with Crippen molar-refractivity contribution in [3.05, 3.63) is 24.3 Å². The van der Waals surface area contributed by atoms with Crippen LogP contribution in [-0.2, 0) is 9.84 Å². The third-order valence-electron chi connectivity index (χ3n) is 1.79. The van der Waals surface area contributed by atoms with Crippen LogP contribution >= 0.6 is 0 Å². The van der Waals surface area contributed by atoms with Crippen LogP contribution in [0, 0.1) is 0 Å². The summed E-state index contributed by atoms with van der Waals surface area (Å²) in [5, 5.41) is 17.5. The van der Waals surface area contributed by atoms with Gasteiger partial charge in [-0.15, -0.1) is 0 Å². The Hall–Kier alpha value is -1.06. The molecule has 16 heavy (non-hydrogen) atoms. The van der Waals surface area contributed by atoms with E-state index >= 15 is 0 Å². The molecule has 0 spiro atoms. The zero-order valence-electron chi connectivity index (χ0n) is 7.64. The summed E-state index contributed by atoms with van der Waals surface area (Å²) >= 11 is 0. The first kappa shape index (κ1) is 13.0. The zero-order valence-corrected chi connectivity index (χ0v) is 8.46. The second-order valence-corrected chi connectivity index (χ2v) is 4.77. The van der Waals surface area contributed by atoms with E-state index in [1.54, 1.807) is 0 Å². The smallest absolute Gasteiger partial charge is 0.423 e. The number of rotatable bonds is 2. The van der Waals surface area contributed by atoms with Crippen LogP contribution in [0.5, 0.6) is 0 Å². The Morgan fingerprint density at radius 2 is 1.62 bits per heavy atom. The number of sulfone groups is 1. The number of hydrogen-bond acceptors (Lipinski definition) is 4. The summed E-state index contributed by atoms with van der Waals surface area (Å²) in [5.41, 5.74) is -6.18. The first-order valence-electron chi connectivity index (χ1n) is 3.94. The molecule has 0 bridgehead atoms. The summed E-state index contributed by atoms with van der Waals surface area (Å²) in [6.45, 7) is 0. The predicted molar refractivity (Wildman–Crippen MR) is 49.5 cm³/mol.